The zero-order valence-electron chi connectivity index (χ0n) is 39.4. The Morgan fingerprint density at radius 3 is 0.953 bits per heavy atom. The van der Waals surface area contributed by atoms with Crippen molar-refractivity contribution in [1.29, 1.82) is 0 Å². The Kier molecular flexibility index (Phi) is 37.0. The molecule has 0 saturated heterocycles. The summed E-state index contributed by atoms with van der Waals surface area (Å²) in [7, 11) is -5.24. The van der Waals surface area contributed by atoms with Gasteiger partial charge >= 0.3 is 35.8 Å². The molecule has 0 spiro atoms. The van der Waals surface area contributed by atoms with Gasteiger partial charge in [0.2, 0.25) is 0 Å². The van der Waals surface area contributed by atoms with E-state index in [0.717, 1.165) is 64.2 Å². The lowest BCUT2D eigenvalue weighted by atomic mass is 9.90. The molecule has 5 N–H and O–H groups in total. The van der Waals surface area contributed by atoms with Gasteiger partial charge in [0.15, 0.2) is 17.1 Å². The summed E-state index contributed by atoms with van der Waals surface area (Å²) in [5.41, 5.74) is 0. The standard InChI is InChI=1S/C48H86O15S/c1-3-5-7-9-11-13-15-17-19-21-23-25-27-29-31-38(33-40(44(50)51)45(52)53)36-62-43(49)35-42(64(59,60)61)48(58)63-37-39(34-41(46(54)55)47(56)57)32-30-28-26-24-22-20-18-16-14-12-10-8-6-4-2/h38-42H,3-37H2,1-2H3,(H,50,51)(H,52,53)(H,54,55)(H,56,57)(H,59,60,61). The second-order valence-electron chi connectivity index (χ2n) is 18.0. The smallest absolute Gasteiger partial charge is 0.327 e. The first-order valence-electron chi connectivity index (χ1n) is 24.7. The number of esters is 2. The number of ether oxygens (including phenoxy) is 2. The van der Waals surface area contributed by atoms with Crippen LogP contribution in [0.3, 0.4) is 0 Å². The Balaban J connectivity index is 5.17. The molecule has 0 rings (SSSR count). The highest BCUT2D eigenvalue weighted by atomic mass is 32.2. The highest BCUT2D eigenvalue weighted by Crippen LogP contribution is 2.25. The first-order chi connectivity index (χ1) is 30.5. The van der Waals surface area contributed by atoms with Crippen molar-refractivity contribution >= 4 is 45.9 Å². The number of carbonyl (C=O) groups is 6. The molecule has 0 aromatic carbocycles. The zero-order chi connectivity index (χ0) is 48.0. The highest BCUT2D eigenvalue weighted by Gasteiger charge is 2.37. The maximum Gasteiger partial charge on any atom is 0.327 e. The molecular weight excluding hydrogens is 849 g/mol. The topological polar surface area (TPSA) is 256 Å². The summed E-state index contributed by atoms with van der Waals surface area (Å²) in [4.78, 5) is 72.6. The minimum absolute atomic E-state index is 0.287. The molecule has 0 heterocycles. The fraction of sp³-hybridized carbons (Fsp3) is 0.875. The molecule has 0 fully saturated rings. The predicted molar refractivity (Wildman–Crippen MR) is 245 cm³/mol. The quantitative estimate of drug-likeness (QED) is 0.0165. The van der Waals surface area contributed by atoms with Crippen molar-refractivity contribution < 1.29 is 71.6 Å². The summed E-state index contributed by atoms with van der Waals surface area (Å²) in [6.07, 6.45) is 30.0. The largest absolute Gasteiger partial charge is 0.481 e. The molecule has 0 amide bonds. The molecule has 0 aliphatic rings. The Hall–Kier alpha value is -3.27. The summed E-state index contributed by atoms with van der Waals surface area (Å²) in [6.45, 7) is 3.41. The van der Waals surface area contributed by atoms with Gasteiger partial charge in [-0.15, -0.1) is 0 Å². The van der Waals surface area contributed by atoms with Crippen molar-refractivity contribution in [3.8, 4) is 0 Å². The molecule has 15 nitrogen and oxygen atoms in total. The molecule has 374 valence electrons. The zero-order valence-corrected chi connectivity index (χ0v) is 40.2. The van der Waals surface area contributed by atoms with Gasteiger partial charge in [-0.2, -0.15) is 8.42 Å². The second-order valence-corrected chi connectivity index (χ2v) is 19.6. The number of rotatable bonds is 46. The van der Waals surface area contributed by atoms with Crippen LogP contribution in [0.25, 0.3) is 0 Å². The van der Waals surface area contributed by atoms with Crippen molar-refractivity contribution in [2.45, 2.75) is 231 Å². The van der Waals surface area contributed by atoms with Crippen LogP contribution in [-0.2, 0) is 48.4 Å². The van der Waals surface area contributed by atoms with Crippen molar-refractivity contribution in [1.82, 2.24) is 0 Å². The fourth-order valence-electron chi connectivity index (χ4n) is 8.10. The van der Waals surface area contributed by atoms with E-state index in [1.54, 1.807) is 0 Å². The van der Waals surface area contributed by atoms with Crippen LogP contribution in [0.4, 0.5) is 0 Å². The summed E-state index contributed by atoms with van der Waals surface area (Å²) in [5, 5.41) is 35.5. The van der Waals surface area contributed by atoms with Gasteiger partial charge in [0.1, 0.15) is 0 Å². The Morgan fingerprint density at radius 2 is 0.688 bits per heavy atom. The van der Waals surface area contributed by atoms with E-state index in [-0.39, 0.29) is 12.8 Å². The average Bonchev–Trinajstić information content (AvgIpc) is 3.23. The summed E-state index contributed by atoms with van der Waals surface area (Å²) < 4.78 is 44.9. The SMILES string of the molecule is CCCCCCCCCCCCCCCCC(COC(=O)CC(C(=O)OCC(CCCCCCCCCCCCCCCC)CC(C(=O)O)C(=O)O)S(=O)(=O)O)CC(C(=O)O)C(=O)O. The molecule has 0 aliphatic carbocycles. The third-order valence-electron chi connectivity index (χ3n) is 12.2. The monoisotopic (exact) mass is 935 g/mol. The van der Waals surface area contributed by atoms with Gasteiger partial charge in [0.05, 0.1) is 19.6 Å². The first-order valence-corrected chi connectivity index (χ1v) is 26.2. The lowest BCUT2D eigenvalue weighted by molar-refractivity contribution is -0.158. The van der Waals surface area contributed by atoms with Crippen LogP contribution in [0, 0.1) is 23.7 Å². The number of carbonyl (C=O) groups excluding carboxylic acids is 2. The number of carboxylic acids is 4. The third kappa shape index (κ3) is 33.2. The maximum absolute atomic E-state index is 13.0. The molecule has 64 heavy (non-hydrogen) atoms. The maximum atomic E-state index is 13.0. The molecule has 0 radical (unpaired) electrons. The Labute approximate surface area is 384 Å². The van der Waals surface area contributed by atoms with E-state index in [2.05, 4.69) is 13.8 Å². The van der Waals surface area contributed by atoms with Crippen LogP contribution in [0.5, 0.6) is 0 Å². The molecule has 0 aromatic heterocycles. The highest BCUT2D eigenvalue weighted by molar-refractivity contribution is 7.87. The summed E-state index contributed by atoms with van der Waals surface area (Å²) in [6, 6.07) is 0. The third-order valence-corrected chi connectivity index (χ3v) is 13.3. The summed E-state index contributed by atoms with van der Waals surface area (Å²) >= 11 is 0. The van der Waals surface area contributed by atoms with Gasteiger partial charge in [-0.3, -0.25) is 33.3 Å². The molecule has 0 bridgehead atoms. The van der Waals surface area contributed by atoms with Crippen LogP contribution < -0.4 is 0 Å². The number of aliphatic carboxylic acids is 4. The normalized spacial score (nSPS) is 13.1. The first kappa shape index (κ1) is 60.7. The van der Waals surface area contributed by atoms with Crippen LogP contribution in [0.15, 0.2) is 0 Å². The lowest BCUT2D eigenvalue weighted by Crippen LogP contribution is -2.36. The van der Waals surface area contributed by atoms with E-state index < -0.39 is 101 Å². The van der Waals surface area contributed by atoms with Crippen molar-refractivity contribution in [2.24, 2.45) is 23.7 Å². The van der Waals surface area contributed by atoms with Gasteiger partial charge < -0.3 is 29.9 Å². The minimum Gasteiger partial charge on any atom is -0.481 e. The molecule has 3 atom stereocenters. The average molecular weight is 935 g/mol. The lowest BCUT2D eigenvalue weighted by Gasteiger charge is -2.21. The van der Waals surface area contributed by atoms with Crippen molar-refractivity contribution in [2.75, 3.05) is 13.2 Å². The van der Waals surface area contributed by atoms with Gasteiger partial charge in [0, 0.05) is 0 Å². The van der Waals surface area contributed by atoms with E-state index in [4.69, 9.17) is 9.47 Å². The molecule has 16 heteroatoms. The molecule has 0 aromatic rings. The number of unbranched alkanes of at least 4 members (excludes halogenated alkanes) is 26. The summed E-state index contributed by atoms with van der Waals surface area (Å²) in [5.74, 6) is -14.1. The van der Waals surface area contributed by atoms with Gasteiger partial charge in [-0.05, 0) is 37.5 Å². The Bertz CT molecular complexity index is 1360. The molecule has 0 saturated carbocycles. The number of hydrogen-bond donors (Lipinski definition) is 5. The van der Waals surface area contributed by atoms with Crippen LogP contribution >= 0.6 is 0 Å². The minimum atomic E-state index is -5.24. The molecular formula is C48H86O15S. The second kappa shape index (κ2) is 38.9. The van der Waals surface area contributed by atoms with Crippen molar-refractivity contribution in [3.63, 3.8) is 0 Å². The van der Waals surface area contributed by atoms with E-state index in [1.165, 1.54) is 103 Å². The van der Waals surface area contributed by atoms with Crippen LogP contribution in [0.2, 0.25) is 0 Å². The number of hydrogen-bond acceptors (Lipinski definition) is 10. The molecule has 0 aliphatic heterocycles. The van der Waals surface area contributed by atoms with Crippen molar-refractivity contribution in [3.05, 3.63) is 0 Å². The van der Waals surface area contributed by atoms with E-state index in [9.17, 15) is 62.2 Å². The van der Waals surface area contributed by atoms with E-state index in [0.29, 0.717) is 19.3 Å². The van der Waals surface area contributed by atoms with E-state index >= 15 is 0 Å². The van der Waals surface area contributed by atoms with Gasteiger partial charge in [-0.1, -0.05) is 194 Å². The predicted octanol–water partition coefficient (Wildman–Crippen LogP) is 11.0. The number of carboxylic acid groups (broad SMARTS) is 4. The van der Waals surface area contributed by atoms with Crippen LogP contribution in [0.1, 0.15) is 226 Å². The van der Waals surface area contributed by atoms with Gasteiger partial charge in [0.25, 0.3) is 10.1 Å². The molecule has 3 unspecified atom stereocenters. The Morgan fingerprint density at radius 1 is 0.422 bits per heavy atom. The fourth-order valence-corrected chi connectivity index (χ4v) is 8.76. The van der Waals surface area contributed by atoms with Crippen LogP contribution in [-0.4, -0.2) is 87.7 Å². The van der Waals surface area contributed by atoms with Gasteiger partial charge in [-0.25, -0.2) is 0 Å². The van der Waals surface area contributed by atoms with E-state index in [1.807, 2.05) is 0 Å².